The fourth-order valence-corrected chi connectivity index (χ4v) is 3.14. The summed E-state index contributed by atoms with van der Waals surface area (Å²) < 4.78 is 5.84. The minimum absolute atomic E-state index is 0.251. The largest absolute Gasteiger partial charge is 0.439 e. The van der Waals surface area contributed by atoms with E-state index in [1.165, 1.54) is 5.56 Å². The van der Waals surface area contributed by atoms with Crippen LogP contribution < -0.4 is 16.4 Å². The smallest absolute Gasteiger partial charge is 0.314 e. The molecule has 8 heteroatoms. The number of hydrogen-bond acceptors (Lipinski definition) is 4. The van der Waals surface area contributed by atoms with Gasteiger partial charge in [0.15, 0.2) is 11.7 Å². The first kappa shape index (κ1) is 19.7. The summed E-state index contributed by atoms with van der Waals surface area (Å²) in [6, 6.07) is 8.03. The summed E-state index contributed by atoms with van der Waals surface area (Å²) in [6.07, 6.45) is 3.41. The van der Waals surface area contributed by atoms with Crippen molar-refractivity contribution < 1.29 is 9.21 Å². The lowest BCUT2D eigenvalue weighted by Gasteiger charge is -2.32. The van der Waals surface area contributed by atoms with E-state index in [1.54, 1.807) is 11.1 Å². The van der Waals surface area contributed by atoms with Gasteiger partial charge in [0.05, 0.1) is 6.20 Å². The molecule has 0 aliphatic carbocycles. The summed E-state index contributed by atoms with van der Waals surface area (Å²) >= 11 is 0. The van der Waals surface area contributed by atoms with E-state index in [4.69, 9.17) is 10.2 Å². The SMILES string of the molecule is CCNC(=NCc1ncc(-c2ccc(C)cc2)o1)NC1CCN(C(N)=O)CC1. The number of nitrogens with zero attached hydrogens (tertiary/aromatic N) is 3. The van der Waals surface area contributed by atoms with Crippen LogP contribution in [0.1, 0.15) is 31.2 Å². The molecule has 1 fully saturated rings. The van der Waals surface area contributed by atoms with E-state index in [0.717, 1.165) is 36.7 Å². The summed E-state index contributed by atoms with van der Waals surface area (Å²) in [5.41, 5.74) is 7.54. The number of hydrogen-bond donors (Lipinski definition) is 3. The van der Waals surface area contributed by atoms with E-state index >= 15 is 0 Å². The Morgan fingerprint density at radius 3 is 2.68 bits per heavy atom. The molecule has 1 aromatic heterocycles. The third-order valence-corrected chi connectivity index (χ3v) is 4.75. The van der Waals surface area contributed by atoms with E-state index in [9.17, 15) is 4.79 Å². The van der Waals surface area contributed by atoms with Crippen molar-refractivity contribution in [1.29, 1.82) is 0 Å². The molecule has 0 bridgehead atoms. The standard InChI is InChI=1S/C20H28N6O2/c1-3-22-20(25-16-8-10-26(11-9-16)19(21)27)24-13-18-23-12-17(28-18)15-6-4-14(2)5-7-15/h4-7,12,16H,3,8-11,13H2,1-2H3,(H2,21,27)(H2,22,24,25). The zero-order valence-corrected chi connectivity index (χ0v) is 16.4. The highest BCUT2D eigenvalue weighted by Gasteiger charge is 2.21. The van der Waals surface area contributed by atoms with Crippen LogP contribution in [0.25, 0.3) is 11.3 Å². The number of primary amides is 1. The summed E-state index contributed by atoms with van der Waals surface area (Å²) in [6.45, 7) is 6.50. The minimum Gasteiger partial charge on any atom is -0.439 e. The summed E-state index contributed by atoms with van der Waals surface area (Å²) in [7, 11) is 0. The topological polar surface area (TPSA) is 109 Å². The third-order valence-electron chi connectivity index (χ3n) is 4.75. The van der Waals surface area contributed by atoms with Crippen LogP contribution in [0.4, 0.5) is 4.79 Å². The Bertz CT molecular complexity index is 806. The number of rotatable bonds is 5. The molecule has 1 aromatic carbocycles. The number of nitrogens with two attached hydrogens (primary N) is 1. The van der Waals surface area contributed by atoms with Crippen molar-refractivity contribution in [2.45, 2.75) is 39.3 Å². The number of benzene rings is 1. The fourth-order valence-electron chi connectivity index (χ4n) is 3.14. The maximum Gasteiger partial charge on any atom is 0.314 e. The number of piperidine rings is 1. The molecule has 3 rings (SSSR count). The number of guanidine groups is 1. The average Bonchev–Trinajstić information content (AvgIpc) is 3.16. The van der Waals surface area contributed by atoms with E-state index in [-0.39, 0.29) is 12.1 Å². The highest BCUT2D eigenvalue weighted by atomic mass is 16.4. The molecule has 2 amide bonds. The van der Waals surface area contributed by atoms with Gasteiger partial charge in [0.2, 0.25) is 5.89 Å². The second kappa shape index (κ2) is 9.25. The summed E-state index contributed by atoms with van der Waals surface area (Å²) in [5, 5.41) is 6.67. The summed E-state index contributed by atoms with van der Waals surface area (Å²) in [5.74, 6) is 2.02. The highest BCUT2D eigenvalue weighted by Crippen LogP contribution is 2.21. The van der Waals surface area contributed by atoms with Crippen LogP contribution in [0, 0.1) is 6.92 Å². The number of amides is 2. The van der Waals surface area contributed by atoms with Gasteiger partial charge in [-0.3, -0.25) is 0 Å². The van der Waals surface area contributed by atoms with Crippen molar-refractivity contribution in [3.05, 3.63) is 41.9 Å². The Labute approximate surface area is 165 Å². The third kappa shape index (κ3) is 5.25. The van der Waals surface area contributed by atoms with Crippen molar-refractivity contribution in [1.82, 2.24) is 20.5 Å². The number of nitrogens with one attached hydrogen (secondary N) is 2. The Kier molecular flexibility index (Phi) is 6.52. The molecule has 0 saturated carbocycles. The van der Waals surface area contributed by atoms with E-state index < -0.39 is 0 Å². The second-order valence-corrected chi connectivity index (χ2v) is 6.92. The molecule has 0 spiro atoms. The lowest BCUT2D eigenvalue weighted by Crippen LogP contribution is -2.50. The van der Waals surface area contributed by atoms with Crippen molar-refractivity contribution in [3.8, 4) is 11.3 Å². The Morgan fingerprint density at radius 1 is 1.32 bits per heavy atom. The molecule has 0 unspecified atom stereocenters. The second-order valence-electron chi connectivity index (χ2n) is 6.92. The predicted octanol–water partition coefficient (Wildman–Crippen LogP) is 2.25. The number of oxazole rings is 1. The summed E-state index contributed by atoms with van der Waals surface area (Å²) in [4.78, 5) is 21.8. The first-order valence-electron chi connectivity index (χ1n) is 9.66. The number of likely N-dealkylation sites (tertiary alicyclic amines) is 1. The number of urea groups is 1. The lowest BCUT2D eigenvalue weighted by molar-refractivity contribution is 0.188. The van der Waals surface area contributed by atoms with E-state index in [1.807, 2.05) is 31.2 Å². The van der Waals surface area contributed by atoms with Gasteiger partial charge >= 0.3 is 6.03 Å². The zero-order chi connectivity index (χ0) is 19.9. The van der Waals surface area contributed by atoms with Crippen LogP contribution in [0.2, 0.25) is 0 Å². The molecule has 0 radical (unpaired) electrons. The van der Waals surface area contributed by atoms with Gasteiger partial charge in [-0.25, -0.2) is 14.8 Å². The number of aliphatic imine (C=N–C) groups is 1. The van der Waals surface area contributed by atoms with Gasteiger partial charge in [0.1, 0.15) is 6.54 Å². The Hall–Kier alpha value is -3.03. The van der Waals surface area contributed by atoms with Crippen LogP contribution in [0.3, 0.4) is 0 Å². The van der Waals surface area contributed by atoms with Gasteiger partial charge in [-0.15, -0.1) is 0 Å². The molecular weight excluding hydrogens is 356 g/mol. The maximum absolute atomic E-state index is 11.2. The van der Waals surface area contributed by atoms with Crippen molar-refractivity contribution in [2.75, 3.05) is 19.6 Å². The number of carbonyl (C=O) groups excluding carboxylic acids is 1. The minimum atomic E-state index is -0.354. The molecule has 0 atom stereocenters. The van der Waals surface area contributed by atoms with Crippen molar-refractivity contribution >= 4 is 12.0 Å². The van der Waals surface area contributed by atoms with Crippen molar-refractivity contribution in [3.63, 3.8) is 0 Å². The van der Waals surface area contributed by atoms with Crippen LogP contribution in [-0.2, 0) is 6.54 Å². The number of aryl methyl sites for hydroxylation is 1. The van der Waals surface area contributed by atoms with E-state index in [0.29, 0.717) is 25.5 Å². The van der Waals surface area contributed by atoms with Gasteiger partial charge in [-0.2, -0.15) is 0 Å². The Morgan fingerprint density at radius 2 is 2.04 bits per heavy atom. The molecule has 1 saturated heterocycles. The number of aromatic nitrogens is 1. The normalized spacial score (nSPS) is 15.5. The molecule has 1 aliphatic rings. The van der Waals surface area contributed by atoms with E-state index in [2.05, 4.69) is 27.5 Å². The van der Waals surface area contributed by atoms with Crippen LogP contribution >= 0.6 is 0 Å². The van der Waals surface area contributed by atoms with Gasteiger partial charge in [-0.1, -0.05) is 29.8 Å². The monoisotopic (exact) mass is 384 g/mol. The number of carbonyl (C=O) groups is 1. The first-order chi connectivity index (χ1) is 13.5. The quantitative estimate of drug-likeness (QED) is 0.541. The van der Waals surface area contributed by atoms with Gasteiger partial charge in [0.25, 0.3) is 0 Å². The highest BCUT2D eigenvalue weighted by molar-refractivity contribution is 5.80. The van der Waals surface area contributed by atoms with Gasteiger partial charge in [0, 0.05) is 31.2 Å². The van der Waals surface area contributed by atoms with Crippen LogP contribution in [-0.4, -0.2) is 47.6 Å². The molecule has 28 heavy (non-hydrogen) atoms. The Balaban J connectivity index is 1.59. The average molecular weight is 384 g/mol. The first-order valence-corrected chi connectivity index (χ1v) is 9.66. The fraction of sp³-hybridized carbons (Fsp3) is 0.450. The molecule has 4 N–H and O–H groups in total. The van der Waals surface area contributed by atoms with Crippen LogP contribution in [0.5, 0.6) is 0 Å². The molecule has 2 aromatic rings. The molecule has 1 aliphatic heterocycles. The maximum atomic E-state index is 11.2. The molecule has 8 nitrogen and oxygen atoms in total. The van der Waals surface area contributed by atoms with Gasteiger partial charge < -0.3 is 25.7 Å². The molecule has 2 heterocycles. The van der Waals surface area contributed by atoms with Gasteiger partial charge in [-0.05, 0) is 26.7 Å². The van der Waals surface area contributed by atoms with Crippen LogP contribution in [0.15, 0.2) is 39.9 Å². The predicted molar refractivity (Wildman–Crippen MR) is 109 cm³/mol. The van der Waals surface area contributed by atoms with Crippen molar-refractivity contribution in [2.24, 2.45) is 10.7 Å². The molecular formula is C20H28N6O2. The molecule has 150 valence electrons. The zero-order valence-electron chi connectivity index (χ0n) is 16.4. The lowest BCUT2D eigenvalue weighted by atomic mass is 10.1.